The number of rotatable bonds is 7. The van der Waals surface area contributed by atoms with Gasteiger partial charge in [0.25, 0.3) is 0 Å². The monoisotopic (exact) mass is 1590 g/mol. The molecule has 5 aliphatic heterocycles. The highest BCUT2D eigenvalue weighted by atomic mass is 35.5. The molecule has 0 spiro atoms. The van der Waals surface area contributed by atoms with Gasteiger partial charge in [-0.05, 0) is 173 Å². The van der Waals surface area contributed by atoms with Gasteiger partial charge < -0.3 is 55.1 Å². The predicted molar refractivity (Wildman–Crippen MR) is 463 cm³/mol. The zero-order valence-electron chi connectivity index (χ0n) is 65.3. The van der Waals surface area contributed by atoms with Crippen LogP contribution in [0, 0.1) is 11.3 Å². The van der Waals surface area contributed by atoms with Gasteiger partial charge in [0.1, 0.15) is 34.5 Å². The number of fused-ring (bicyclic) bond motifs is 15. The minimum atomic E-state index is -0.0941. The Morgan fingerprint density at radius 1 is 0.404 bits per heavy atom. The van der Waals surface area contributed by atoms with Crippen molar-refractivity contribution < 1.29 is 30.6 Å². The molecule has 0 aromatic heterocycles. The van der Waals surface area contributed by atoms with Gasteiger partial charge in [0.15, 0.2) is 0 Å². The van der Waals surface area contributed by atoms with Crippen molar-refractivity contribution in [2.75, 3.05) is 86.6 Å². The number of aryl methyl sites for hydroxylation is 1. The Labute approximate surface area is 672 Å². The van der Waals surface area contributed by atoms with Crippen molar-refractivity contribution in [3.05, 3.63) is 171 Å². The number of aromatic hydroxyl groups is 6. The van der Waals surface area contributed by atoms with Crippen molar-refractivity contribution in [2.45, 2.75) is 179 Å². The summed E-state index contributed by atoms with van der Waals surface area (Å²) in [5, 5.41) is 84.3. The third-order valence-corrected chi connectivity index (χ3v) is 24.2. The fourth-order valence-electron chi connectivity index (χ4n) is 16.9. The van der Waals surface area contributed by atoms with Crippen LogP contribution in [0.15, 0.2) is 131 Å². The molecule has 21 heteroatoms. The molecule has 0 radical (unpaired) electrons. The lowest BCUT2D eigenvalue weighted by Crippen LogP contribution is -2.40. The summed E-state index contributed by atoms with van der Waals surface area (Å²) in [6, 6.07) is 39.6. The normalized spacial score (nSPS) is 17.9. The fourth-order valence-corrected chi connectivity index (χ4v) is 18.5. The lowest BCUT2D eigenvalue weighted by Gasteiger charge is -2.35. The van der Waals surface area contributed by atoms with Gasteiger partial charge >= 0.3 is 0 Å². The first-order valence-electron chi connectivity index (χ1n) is 37.3. The number of thiol groups is 1. The number of azide groups is 1. The summed E-state index contributed by atoms with van der Waals surface area (Å²) in [6.45, 7) is 38.8. The Morgan fingerprint density at radius 2 is 0.688 bits per heavy atom. The van der Waals surface area contributed by atoms with Crippen LogP contribution in [0.2, 0.25) is 0 Å². The van der Waals surface area contributed by atoms with Crippen LogP contribution < -0.4 is 24.5 Å². The van der Waals surface area contributed by atoms with Crippen LogP contribution in [0.1, 0.15) is 179 Å². The minimum Gasteiger partial charge on any atom is -0.507 e. The number of nitrogens with zero attached hydrogens (tertiary/aromatic N) is 9. The van der Waals surface area contributed by atoms with E-state index in [2.05, 4.69) is 170 Å². The summed E-state index contributed by atoms with van der Waals surface area (Å²) < 4.78 is 0. The Morgan fingerprint density at radius 3 is 1.04 bits per heavy atom. The van der Waals surface area contributed by atoms with E-state index in [9.17, 15) is 35.9 Å². The van der Waals surface area contributed by atoms with Gasteiger partial charge in [-0.15, -0.1) is 70.6 Å². The van der Waals surface area contributed by atoms with E-state index in [1.165, 1.54) is 22.1 Å². The number of hydrogen-bond acceptors (Lipinski definition) is 14. The molecule has 0 aliphatic carbocycles. The van der Waals surface area contributed by atoms with Gasteiger partial charge in [0.2, 0.25) is 0 Å². The average Bonchev–Trinajstić information content (AvgIpc) is 1.65. The van der Waals surface area contributed by atoms with Crippen molar-refractivity contribution in [3.63, 3.8) is 0 Å². The average molecular weight is 1590 g/mol. The highest BCUT2D eigenvalue weighted by Gasteiger charge is 2.43. The van der Waals surface area contributed by atoms with E-state index in [0.29, 0.717) is 68.8 Å². The molecule has 576 valence electrons. The Bertz CT molecular complexity index is 5120. The first-order chi connectivity index (χ1) is 51.3. The number of anilines is 5. The fraction of sp³-hybridized carbons (Fsp3) is 0.420. The number of benzene rings is 10. The molecule has 10 aromatic carbocycles. The Hall–Kier alpha value is -8.10. The molecule has 5 heterocycles. The second kappa shape index (κ2) is 31.6. The number of nitriles is 1. The van der Waals surface area contributed by atoms with Crippen LogP contribution in [0.3, 0.4) is 0 Å². The highest BCUT2D eigenvalue weighted by Crippen LogP contribution is 2.55. The van der Waals surface area contributed by atoms with Gasteiger partial charge in [-0.2, -0.15) is 5.26 Å². The zero-order chi connectivity index (χ0) is 79.6. The standard InChI is InChI=1S/C19H24ClNO.C18H19ClN2O.C17H19ClN4O.C17H20ClNO2.C17H20ClNOS/c1-5-12-7-6-8-14-16(22)9-15-18(17(12)14)13(10-20)11-21(15)19(2,3)4;1-18(2,3)21-10-12(8-19)17-14(21)7-15(22)13-6-4-5-11(9-20)16(13)17;1-17(2,3)22-9-10(8-18)15-13(22)7-14(23)11-5-4-6-12(16(11)15)20-21-19;1-17(2,3)19-9-10(8-18)15-12(19)7-14(21)11-5-4-6-13(20)16(11)15;1-17(2,3)19-9-10(8-18)15-12(19)7-13(20)11-5-4-6-14(21)16(11)15/h6-9,13,22H,5,10-11H2,1-4H3;4-7,12,22H,8,10H2,1-3H3;4-7,10,23H,8-9H2,1-3H3;2*4-7,10,20-21H,8-9H2,1-3H3/t13-;12-;3*10-/m11111/s1. The maximum absolute atomic E-state index is 10.5. The van der Waals surface area contributed by atoms with E-state index in [0.717, 1.165) is 127 Å². The Balaban J connectivity index is 0.000000135. The highest BCUT2D eigenvalue weighted by molar-refractivity contribution is 7.80. The maximum Gasteiger partial charge on any atom is 0.125 e. The largest absolute Gasteiger partial charge is 0.507 e. The van der Waals surface area contributed by atoms with Crippen molar-refractivity contribution in [1.82, 2.24) is 0 Å². The number of halogens is 5. The quantitative estimate of drug-likeness (QED) is 0.0261. The summed E-state index contributed by atoms with van der Waals surface area (Å²) in [4.78, 5) is 15.3. The van der Waals surface area contributed by atoms with Gasteiger partial charge in [-0.3, -0.25) is 0 Å². The van der Waals surface area contributed by atoms with E-state index in [1.807, 2.05) is 66.7 Å². The van der Waals surface area contributed by atoms with Crippen molar-refractivity contribution in [2.24, 2.45) is 5.11 Å². The van der Waals surface area contributed by atoms with Crippen LogP contribution in [-0.2, 0) is 6.42 Å². The van der Waals surface area contributed by atoms with E-state index >= 15 is 0 Å². The van der Waals surface area contributed by atoms with Crippen LogP contribution in [-0.4, -0.2) is 120 Å². The lowest BCUT2D eigenvalue weighted by molar-refractivity contribution is 0.474. The molecule has 5 aliphatic rings. The van der Waals surface area contributed by atoms with E-state index in [1.54, 1.807) is 48.5 Å². The van der Waals surface area contributed by atoms with Crippen LogP contribution in [0.25, 0.3) is 64.3 Å². The van der Waals surface area contributed by atoms with Gasteiger partial charge in [-0.1, -0.05) is 84.8 Å². The number of hydrogen-bond donors (Lipinski definition) is 7. The predicted octanol–water partition coefficient (Wildman–Crippen LogP) is 23.8. The Kier molecular flexibility index (Phi) is 23.7. The van der Waals surface area contributed by atoms with Gasteiger partial charge in [-0.25, -0.2) is 0 Å². The zero-order valence-corrected chi connectivity index (χ0v) is 69.9. The second-order valence-electron chi connectivity index (χ2n) is 34.1. The number of phenolic OH excluding ortho intramolecular Hbond substituents is 6. The molecule has 10 aromatic rings. The van der Waals surface area contributed by atoms with E-state index in [4.69, 9.17) is 63.5 Å². The molecular formula is C88H102Cl5N9O6S. The summed E-state index contributed by atoms with van der Waals surface area (Å²) in [7, 11) is 0. The molecule has 15 nitrogen and oxygen atoms in total. The molecule has 0 saturated carbocycles. The van der Waals surface area contributed by atoms with Crippen molar-refractivity contribution >= 4 is 159 Å². The second-order valence-corrected chi connectivity index (χ2v) is 36.2. The molecule has 0 fully saturated rings. The molecule has 0 unspecified atom stereocenters. The third-order valence-electron chi connectivity index (χ3n) is 22.0. The summed E-state index contributed by atoms with van der Waals surface area (Å²) in [5.41, 5.74) is 21.9. The van der Waals surface area contributed by atoms with Gasteiger partial charge in [0.05, 0.1) is 11.6 Å². The van der Waals surface area contributed by atoms with Crippen molar-refractivity contribution in [3.8, 4) is 40.6 Å². The van der Waals surface area contributed by atoms with Crippen LogP contribution in [0.4, 0.5) is 34.1 Å². The molecule has 15 rings (SSSR count). The first kappa shape index (κ1) is 81.9. The molecule has 0 amide bonds. The minimum absolute atomic E-state index is 0.0107. The maximum atomic E-state index is 10.5. The topological polar surface area (TPSA) is 210 Å². The molecular weight excluding hydrogens is 1490 g/mol. The summed E-state index contributed by atoms with van der Waals surface area (Å²) in [6.07, 6.45) is 0.956. The first-order valence-corrected chi connectivity index (χ1v) is 40.4. The lowest BCUT2D eigenvalue weighted by atomic mass is 9.91. The molecule has 109 heavy (non-hydrogen) atoms. The van der Waals surface area contributed by atoms with E-state index in [-0.39, 0.29) is 74.4 Å². The summed E-state index contributed by atoms with van der Waals surface area (Å²) in [5.74, 6) is 5.15. The van der Waals surface area contributed by atoms with Gasteiger partial charge in [0, 0.05) is 242 Å². The van der Waals surface area contributed by atoms with E-state index < -0.39 is 0 Å². The molecule has 0 saturated heterocycles. The number of phenols is 6. The SMILES string of the molecule is CC(C)(C)N1C[C@@H](CCl)c2c1cc(O)c1cccc(C#N)c21.CC(C)(C)N1C[C@@H](CCl)c2c1cc(O)c1cccc(N=[N+]=[N-])c21.CC(C)(C)N1C[C@@H](CCl)c2c1cc(O)c1cccc(O)c21.CC(C)(C)N1C[C@@H](CCl)c2c1cc(O)c1cccc(S)c21.CCc1cccc2c(O)cc3c(c12)[C@H](CCl)CN3C(C)(C)C. The molecule has 5 atom stereocenters. The summed E-state index contributed by atoms with van der Waals surface area (Å²) >= 11 is 35.7. The van der Waals surface area contributed by atoms with Crippen molar-refractivity contribution in [1.29, 1.82) is 5.26 Å². The molecule has 0 bridgehead atoms. The van der Waals surface area contributed by atoms with Crippen LogP contribution in [0.5, 0.6) is 34.5 Å². The molecule has 6 N–H and O–H groups in total. The third kappa shape index (κ3) is 15.5. The smallest absolute Gasteiger partial charge is 0.125 e. The number of alkyl halides is 5. The van der Waals surface area contributed by atoms with Crippen LogP contribution >= 0.6 is 70.6 Å².